The number of hydrogen-bond donors (Lipinski definition) is 1. The highest BCUT2D eigenvalue weighted by Crippen LogP contribution is 2.19. The van der Waals surface area contributed by atoms with Gasteiger partial charge in [-0.05, 0) is 41.3 Å². The molecule has 146 valence electrons. The summed E-state index contributed by atoms with van der Waals surface area (Å²) in [7, 11) is 0. The molecule has 1 N–H and O–H groups in total. The molecule has 0 aliphatic heterocycles. The van der Waals surface area contributed by atoms with Crippen molar-refractivity contribution in [2.24, 2.45) is 0 Å². The molecule has 0 saturated heterocycles. The standard InChI is InChI=1S/C26H25FN2/c27-24-14-12-21(13-15-24)9-6-17-29(20-22-7-2-1-3-8-22)18-16-23-19-28-26-11-5-4-10-25(23)26/h1-15,19,28H,16-18,20H2. The first-order valence-electron chi connectivity index (χ1n) is 10.0. The maximum atomic E-state index is 13.1. The van der Waals surface area contributed by atoms with E-state index in [2.05, 4.69) is 76.8 Å². The van der Waals surface area contributed by atoms with Gasteiger partial charge in [-0.3, -0.25) is 4.90 Å². The van der Waals surface area contributed by atoms with Gasteiger partial charge in [0, 0.05) is 36.7 Å². The molecule has 29 heavy (non-hydrogen) atoms. The Morgan fingerprint density at radius 1 is 0.862 bits per heavy atom. The zero-order valence-electron chi connectivity index (χ0n) is 16.4. The molecule has 2 nitrogen and oxygen atoms in total. The molecular weight excluding hydrogens is 359 g/mol. The Labute approximate surface area is 171 Å². The molecule has 4 rings (SSSR count). The molecule has 0 aliphatic rings. The van der Waals surface area contributed by atoms with Gasteiger partial charge >= 0.3 is 0 Å². The first-order valence-corrected chi connectivity index (χ1v) is 10.0. The van der Waals surface area contributed by atoms with E-state index in [-0.39, 0.29) is 5.82 Å². The summed E-state index contributed by atoms with van der Waals surface area (Å²) < 4.78 is 13.1. The van der Waals surface area contributed by atoms with E-state index < -0.39 is 0 Å². The van der Waals surface area contributed by atoms with E-state index in [0.29, 0.717) is 0 Å². The Morgan fingerprint density at radius 2 is 1.62 bits per heavy atom. The molecule has 0 fully saturated rings. The third-order valence-electron chi connectivity index (χ3n) is 5.17. The zero-order chi connectivity index (χ0) is 19.9. The zero-order valence-corrected chi connectivity index (χ0v) is 16.4. The first-order chi connectivity index (χ1) is 14.3. The average molecular weight is 384 g/mol. The minimum atomic E-state index is -0.202. The van der Waals surface area contributed by atoms with Gasteiger partial charge in [0.05, 0.1) is 0 Å². The lowest BCUT2D eigenvalue weighted by molar-refractivity contribution is 0.299. The fourth-order valence-corrected chi connectivity index (χ4v) is 3.61. The molecule has 3 aromatic carbocycles. The smallest absolute Gasteiger partial charge is 0.123 e. The van der Waals surface area contributed by atoms with E-state index in [9.17, 15) is 4.39 Å². The number of hydrogen-bond acceptors (Lipinski definition) is 1. The van der Waals surface area contributed by atoms with Crippen molar-refractivity contribution in [3.63, 3.8) is 0 Å². The van der Waals surface area contributed by atoms with Crippen molar-refractivity contribution in [3.05, 3.63) is 114 Å². The van der Waals surface area contributed by atoms with Crippen molar-refractivity contribution in [2.45, 2.75) is 13.0 Å². The molecule has 0 saturated carbocycles. The summed E-state index contributed by atoms with van der Waals surface area (Å²) in [5, 5.41) is 1.30. The van der Waals surface area contributed by atoms with Crippen LogP contribution >= 0.6 is 0 Å². The van der Waals surface area contributed by atoms with Crippen LogP contribution in [-0.2, 0) is 13.0 Å². The summed E-state index contributed by atoms with van der Waals surface area (Å²) in [5.74, 6) is -0.202. The second-order valence-corrected chi connectivity index (χ2v) is 7.28. The minimum absolute atomic E-state index is 0.202. The average Bonchev–Trinajstić information content (AvgIpc) is 3.17. The number of fused-ring (bicyclic) bond motifs is 1. The summed E-state index contributed by atoms with van der Waals surface area (Å²) >= 11 is 0. The molecule has 1 aromatic heterocycles. The highest BCUT2D eigenvalue weighted by Gasteiger charge is 2.08. The number of aromatic amines is 1. The Kier molecular flexibility index (Phi) is 6.18. The topological polar surface area (TPSA) is 19.0 Å². The normalized spacial score (nSPS) is 11.7. The maximum absolute atomic E-state index is 13.1. The second kappa shape index (κ2) is 9.35. The van der Waals surface area contributed by atoms with Crippen molar-refractivity contribution >= 4 is 17.0 Å². The number of aromatic nitrogens is 1. The van der Waals surface area contributed by atoms with E-state index in [1.54, 1.807) is 12.1 Å². The highest BCUT2D eigenvalue weighted by molar-refractivity contribution is 5.83. The van der Waals surface area contributed by atoms with Gasteiger partial charge in [0.15, 0.2) is 0 Å². The number of para-hydroxylation sites is 1. The maximum Gasteiger partial charge on any atom is 0.123 e. The van der Waals surface area contributed by atoms with Crippen molar-refractivity contribution in [2.75, 3.05) is 13.1 Å². The van der Waals surface area contributed by atoms with Crippen LogP contribution in [0.4, 0.5) is 4.39 Å². The van der Waals surface area contributed by atoms with Crippen LogP contribution in [-0.4, -0.2) is 23.0 Å². The quantitative estimate of drug-likeness (QED) is 0.391. The molecule has 3 heteroatoms. The van der Waals surface area contributed by atoms with E-state index in [0.717, 1.165) is 31.6 Å². The minimum Gasteiger partial charge on any atom is -0.361 e. The van der Waals surface area contributed by atoms with Gasteiger partial charge in [-0.1, -0.05) is 72.8 Å². The van der Waals surface area contributed by atoms with Crippen LogP contribution in [0.1, 0.15) is 16.7 Å². The van der Waals surface area contributed by atoms with Crippen molar-refractivity contribution in [3.8, 4) is 0 Å². The molecule has 4 aromatic rings. The summed E-state index contributed by atoms with van der Waals surface area (Å²) in [5.41, 5.74) is 4.86. The van der Waals surface area contributed by atoms with Gasteiger partial charge in [-0.15, -0.1) is 0 Å². The number of nitrogens with zero attached hydrogens (tertiary/aromatic N) is 1. The van der Waals surface area contributed by atoms with Crippen LogP contribution < -0.4 is 0 Å². The van der Waals surface area contributed by atoms with E-state index in [1.165, 1.54) is 34.2 Å². The van der Waals surface area contributed by atoms with Crippen molar-refractivity contribution in [1.29, 1.82) is 0 Å². The lowest BCUT2D eigenvalue weighted by Crippen LogP contribution is -2.25. The fourth-order valence-electron chi connectivity index (χ4n) is 3.61. The summed E-state index contributed by atoms with van der Waals surface area (Å²) in [6.07, 6.45) is 7.33. The van der Waals surface area contributed by atoms with Gasteiger partial charge in [0.25, 0.3) is 0 Å². The molecular formula is C26H25FN2. The molecule has 0 amide bonds. The number of rotatable bonds is 8. The summed E-state index contributed by atoms with van der Waals surface area (Å²) in [6.45, 7) is 2.70. The van der Waals surface area contributed by atoms with E-state index in [1.807, 2.05) is 6.07 Å². The fraction of sp³-hybridized carbons (Fsp3) is 0.154. The summed E-state index contributed by atoms with van der Waals surface area (Å²) in [4.78, 5) is 5.81. The van der Waals surface area contributed by atoms with Crippen LogP contribution in [0.2, 0.25) is 0 Å². The Morgan fingerprint density at radius 3 is 2.45 bits per heavy atom. The van der Waals surface area contributed by atoms with Gasteiger partial charge in [-0.2, -0.15) is 0 Å². The SMILES string of the molecule is Fc1ccc(C=CCN(CCc2c[nH]c3ccccc23)Cc2ccccc2)cc1. The summed E-state index contributed by atoms with van der Waals surface area (Å²) in [6, 6.07) is 25.6. The molecule has 0 spiro atoms. The van der Waals surface area contributed by atoms with Gasteiger partial charge in [0.1, 0.15) is 5.82 Å². The Balaban J connectivity index is 1.44. The van der Waals surface area contributed by atoms with Crippen LogP contribution in [0.5, 0.6) is 0 Å². The molecule has 1 heterocycles. The monoisotopic (exact) mass is 384 g/mol. The number of H-pyrrole nitrogens is 1. The third-order valence-corrected chi connectivity index (χ3v) is 5.17. The number of nitrogens with one attached hydrogen (secondary N) is 1. The van der Waals surface area contributed by atoms with Crippen LogP contribution in [0.25, 0.3) is 17.0 Å². The van der Waals surface area contributed by atoms with Crippen LogP contribution in [0.15, 0.2) is 91.1 Å². The Bertz CT molecular complexity index is 1060. The predicted molar refractivity (Wildman–Crippen MR) is 119 cm³/mol. The molecule has 0 aliphatic carbocycles. The van der Waals surface area contributed by atoms with Crippen LogP contribution in [0, 0.1) is 5.82 Å². The number of benzene rings is 3. The molecule has 0 bridgehead atoms. The molecule has 0 unspecified atom stereocenters. The van der Waals surface area contributed by atoms with E-state index >= 15 is 0 Å². The lowest BCUT2D eigenvalue weighted by atomic mass is 10.1. The van der Waals surface area contributed by atoms with Crippen LogP contribution in [0.3, 0.4) is 0 Å². The Hall–Kier alpha value is -3.17. The predicted octanol–water partition coefficient (Wildman–Crippen LogP) is 6.07. The van der Waals surface area contributed by atoms with Gasteiger partial charge < -0.3 is 4.98 Å². The van der Waals surface area contributed by atoms with E-state index in [4.69, 9.17) is 0 Å². The third kappa shape index (κ3) is 5.21. The van der Waals surface area contributed by atoms with Gasteiger partial charge in [0.2, 0.25) is 0 Å². The van der Waals surface area contributed by atoms with Gasteiger partial charge in [-0.25, -0.2) is 4.39 Å². The second-order valence-electron chi connectivity index (χ2n) is 7.28. The molecule has 0 radical (unpaired) electrons. The largest absolute Gasteiger partial charge is 0.361 e. The molecule has 0 atom stereocenters. The lowest BCUT2D eigenvalue weighted by Gasteiger charge is -2.21. The van der Waals surface area contributed by atoms with Crippen molar-refractivity contribution < 1.29 is 4.39 Å². The van der Waals surface area contributed by atoms with Crippen molar-refractivity contribution in [1.82, 2.24) is 9.88 Å². The number of halogens is 1. The highest BCUT2D eigenvalue weighted by atomic mass is 19.1. The first kappa shape index (κ1) is 19.2.